The predicted molar refractivity (Wildman–Crippen MR) is 204 cm³/mol. The number of rotatable bonds is 4. The zero-order chi connectivity index (χ0) is 33.4. The van der Waals surface area contributed by atoms with Gasteiger partial charge in [0.2, 0.25) is 0 Å². The molecule has 236 valence electrons. The molecule has 2 heterocycles. The van der Waals surface area contributed by atoms with Gasteiger partial charge in [0.25, 0.3) is 0 Å². The number of hydrogen-bond donors (Lipinski definition) is 0. The van der Waals surface area contributed by atoms with Crippen LogP contribution in [0.2, 0.25) is 0 Å². The molecule has 0 saturated carbocycles. The van der Waals surface area contributed by atoms with Gasteiger partial charge in [0.15, 0.2) is 17.5 Å². The average Bonchev–Trinajstić information content (AvgIpc) is 3.67. The van der Waals surface area contributed by atoms with Gasteiger partial charge in [-0.15, -0.1) is 0 Å². The molecule has 0 radical (unpaired) electrons. The maximum atomic E-state index is 6.59. The Kier molecular flexibility index (Phi) is 6.19. The number of para-hydroxylation sites is 1. The molecule has 4 heteroatoms. The van der Waals surface area contributed by atoms with Crippen LogP contribution < -0.4 is 0 Å². The van der Waals surface area contributed by atoms with E-state index in [0.717, 1.165) is 44.2 Å². The van der Waals surface area contributed by atoms with Gasteiger partial charge < -0.3 is 4.42 Å². The molecule has 1 aliphatic rings. The molecular formula is C46H31N3O. The van der Waals surface area contributed by atoms with E-state index in [-0.39, 0.29) is 5.41 Å². The number of furan rings is 1. The molecule has 4 nitrogen and oxygen atoms in total. The van der Waals surface area contributed by atoms with E-state index < -0.39 is 0 Å². The van der Waals surface area contributed by atoms with E-state index in [1.54, 1.807) is 0 Å². The summed E-state index contributed by atoms with van der Waals surface area (Å²) in [5, 5.41) is 4.67. The first-order valence-corrected chi connectivity index (χ1v) is 17.0. The van der Waals surface area contributed by atoms with E-state index in [1.807, 2.05) is 30.3 Å². The predicted octanol–water partition coefficient (Wildman–Crippen LogP) is 11.9. The van der Waals surface area contributed by atoms with Gasteiger partial charge in [0.05, 0.1) is 0 Å². The smallest absolute Gasteiger partial charge is 0.164 e. The van der Waals surface area contributed by atoms with Crippen LogP contribution in [0.3, 0.4) is 0 Å². The minimum absolute atomic E-state index is 0.252. The summed E-state index contributed by atoms with van der Waals surface area (Å²) in [4.78, 5) is 15.2. The summed E-state index contributed by atoms with van der Waals surface area (Å²) in [6.45, 7) is 4.67. The maximum absolute atomic E-state index is 6.59. The van der Waals surface area contributed by atoms with E-state index in [1.165, 1.54) is 38.6 Å². The molecule has 0 fully saturated rings. The van der Waals surface area contributed by atoms with Crippen molar-refractivity contribution in [2.24, 2.45) is 0 Å². The van der Waals surface area contributed by atoms with Gasteiger partial charge in [-0.25, -0.2) is 15.0 Å². The van der Waals surface area contributed by atoms with Crippen molar-refractivity contribution in [3.05, 3.63) is 163 Å². The molecule has 0 saturated heterocycles. The summed E-state index contributed by atoms with van der Waals surface area (Å²) < 4.78 is 6.59. The normalized spacial score (nSPS) is 13.2. The SMILES string of the molecule is CC1(C)c2ccc(-c3nc(-c4ccccc4)nc(-c4ccc(-c5ccccc5)cc4)n3)cc2-c2c1c1c3ccccc3oc1c1ccccc21. The van der Waals surface area contributed by atoms with E-state index in [4.69, 9.17) is 19.4 Å². The van der Waals surface area contributed by atoms with E-state index in [2.05, 4.69) is 135 Å². The summed E-state index contributed by atoms with van der Waals surface area (Å²) in [6.07, 6.45) is 0. The molecular weight excluding hydrogens is 611 g/mol. The Bertz CT molecular complexity index is 2760. The number of hydrogen-bond acceptors (Lipinski definition) is 4. The first-order valence-electron chi connectivity index (χ1n) is 17.0. The van der Waals surface area contributed by atoms with Crippen molar-refractivity contribution in [2.45, 2.75) is 19.3 Å². The Morgan fingerprint density at radius 2 is 0.960 bits per heavy atom. The van der Waals surface area contributed by atoms with Crippen molar-refractivity contribution in [1.82, 2.24) is 15.0 Å². The topological polar surface area (TPSA) is 51.8 Å². The van der Waals surface area contributed by atoms with Crippen LogP contribution in [0.1, 0.15) is 25.0 Å². The fourth-order valence-electron chi connectivity index (χ4n) is 7.91. The van der Waals surface area contributed by atoms with Gasteiger partial charge in [0, 0.05) is 38.3 Å². The highest BCUT2D eigenvalue weighted by Crippen LogP contribution is 2.56. The quantitative estimate of drug-likeness (QED) is 0.192. The summed E-state index contributed by atoms with van der Waals surface area (Å²) in [5.74, 6) is 1.94. The molecule has 9 aromatic rings. The summed E-state index contributed by atoms with van der Waals surface area (Å²) in [5.41, 5.74) is 11.9. The van der Waals surface area contributed by atoms with Crippen LogP contribution >= 0.6 is 0 Å². The molecule has 10 rings (SSSR count). The average molecular weight is 642 g/mol. The highest BCUT2D eigenvalue weighted by Gasteiger charge is 2.40. The molecule has 50 heavy (non-hydrogen) atoms. The molecule has 0 N–H and O–H groups in total. The van der Waals surface area contributed by atoms with Crippen LogP contribution in [0.4, 0.5) is 0 Å². The van der Waals surface area contributed by atoms with Crippen molar-refractivity contribution >= 4 is 32.7 Å². The Morgan fingerprint density at radius 3 is 1.66 bits per heavy atom. The van der Waals surface area contributed by atoms with Gasteiger partial charge >= 0.3 is 0 Å². The molecule has 7 aromatic carbocycles. The van der Waals surface area contributed by atoms with E-state index in [9.17, 15) is 0 Å². The van der Waals surface area contributed by atoms with Crippen LogP contribution in [0.5, 0.6) is 0 Å². The second-order valence-electron chi connectivity index (χ2n) is 13.6. The third-order valence-corrected chi connectivity index (χ3v) is 10.3. The van der Waals surface area contributed by atoms with Crippen LogP contribution in [0.25, 0.3) is 89.1 Å². The Labute approximate surface area is 289 Å². The third-order valence-electron chi connectivity index (χ3n) is 10.3. The first-order chi connectivity index (χ1) is 24.5. The molecule has 0 amide bonds. The van der Waals surface area contributed by atoms with Gasteiger partial charge in [-0.1, -0.05) is 153 Å². The van der Waals surface area contributed by atoms with E-state index >= 15 is 0 Å². The van der Waals surface area contributed by atoms with Gasteiger partial charge in [-0.05, 0) is 50.9 Å². The summed E-state index contributed by atoms with van der Waals surface area (Å²) >= 11 is 0. The zero-order valence-corrected chi connectivity index (χ0v) is 27.7. The largest absolute Gasteiger partial charge is 0.455 e. The Morgan fingerprint density at radius 1 is 0.460 bits per heavy atom. The van der Waals surface area contributed by atoms with Crippen LogP contribution in [-0.2, 0) is 5.41 Å². The summed E-state index contributed by atoms with van der Waals surface area (Å²) in [6, 6.07) is 52.8. The second kappa shape index (κ2) is 10.8. The minimum Gasteiger partial charge on any atom is -0.455 e. The first kappa shape index (κ1) is 28.6. The highest BCUT2D eigenvalue weighted by molar-refractivity contribution is 6.23. The zero-order valence-electron chi connectivity index (χ0n) is 27.7. The van der Waals surface area contributed by atoms with Gasteiger partial charge in [-0.3, -0.25) is 0 Å². The van der Waals surface area contributed by atoms with Crippen molar-refractivity contribution in [3.63, 3.8) is 0 Å². The third kappa shape index (κ3) is 4.28. The minimum atomic E-state index is -0.252. The molecule has 0 atom stereocenters. The molecule has 2 aromatic heterocycles. The van der Waals surface area contributed by atoms with Crippen molar-refractivity contribution in [1.29, 1.82) is 0 Å². The standard InChI is InChI=1S/C46H31N3O/c1-46(2)37-26-25-32(27-36(37)39-33-17-9-10-18-34(33)42-40(41(39)46)35-19-11-12-20-38(35)50-42)45-48-43(30-15-7-4-8-16-30)47-44(49-45)31-23-21-29(22-24-31)28-13-5-3-6-14-28/h3-27H,1-2H3. The van der Waals surface area contributed by atoms with Crippen molar-refractivity contribution in [3.8, 4) is 56.4 Å². The molecule has 1 aliphatic carbocycles. The lowest BCUT2D eigenvalue weighted by molar-refractivity contribution is 0.659. The van der Waals surface area contributed by atoms with Crippen molar-refractivity contribution < 1.29 is 4.42 Å². The fraction of sp³-hybridized carbons (Fsp3) is 0.0652. The number of benzene rings is 7. The van der Waals surface area contributed by atoms with E-state index in [0.29, 0.717) is 17.5 Å². The lowest BCUT2D eigenvalue weighted by Gasteiger charge is -2.23. The molecule has 0 spiro atoms. The van der Waals surface area contributed by atoms with Crippen LogP contribution in [0, 0.1) is 0 Å². The van der Waals surface area contributed by atoms with Crippen molar-refractivity contribution in [2.75, 3.05) is 0 Å². The number of aromatic nitrogens is 3. The second-order valence-corrected chi connectivity index (χ2v) is 13.6. The van der Waals surface area contributed by atoms with Gasteiger partial charge in [-0.2, -0.15) is 0 Å². The van der Waals surface area contributed by atoms with Crippen LogP contribution in [0.15, 0.2) is 156 Å². The Hall–Kier alpha value is -6.39. The van der Waals surface area contributed by atoms with Gasteiger partial charge in [0.1, 0.15) is 11.2 Å². The monoisotopic (exact) mass is 641 g/mol. The fourth-order valence-corrected chi connectivity index (χ4v) is 7.91. The molecule has 0 unspecified atom stereocenters. The summed E-state index contributed by atoms with van der Waals surface area (Å²) in [7, 11) is 0. The lowest BCUT2D eigenvalue weighted by Crippen LogP contribution is -2.15. The maximum Gasteiger partial charge on any atom is 0.164 e. The number of fused-ring (bicyclic) bond motifs is 10. The van der Waals surface area contributed by atoms with Crippen LogP contribution in [-0.4, -0.2) is 15.0 Å². The Balaban J connectivity index is 1.19. The molecule has 0 aliphatic heterocycles. The number of nitrogens with zero attached hydrogens (tertiary/aromatic N) is 3. The lowest BCUT2D eigenvalue weighted by atomic mass is 9.79. The molecule has 0 bridgehead atoms. The highest BCUT2D eigenvalue weighted by atomic mass is 16.3.